The molecular weight excluding hydrogens is 354 g/mol. The maximum atomic E-state index is 12.4. The fourth-order valence-corrected chi connectivity index (χ4v) is 3.45. The highest BCUT2D eigenvalue weighted by Crippen LogP contribution is 2.29. The van der Waals surface area contributed by atoms with Crippen molar-refractivity contribution in [3.8, 4) is 17.2 Å². The van der Waals surface area contributed by atoms with E-state index in [1.807, 2.05) is 29.2 Å². The van der Waals surface area contributed by atoms with Crippen LogP contribution in [0.5, 0.6) is 5.75 Å². The lowest BCUT2D eigenvalue weighted by Crippen LogP contribution is -2.27. The summed E-state index contributed by atoms with van der Waals surface area (Å²) in [4.78, 5) is 18.8. The SMILES string of the molecule is COc1cccc(-c2nc(C3CC(=O)N(CCc4ccc(C)cc4)C3)no2)c1. The predicted molar refractivity (Wildman–Crippen MR) is 105 cm³/mol. The minimum atomic E-state index is -0.0337. The van der Waals surface area contributed by atoms with Crippen molar-refractivity contribution in [1.82, 2.24) is 15.0 Å². The van der Waals surface area contributed by atoms with Gasteiger partial charge in [-0.05, 0) is 37.1 Å². The van der Waals surface area contributed by atoms with Crippen LogP contribution < -0.4 is 4.74 Å². The molecule has 0 bridgehead atoms. The molecule has 1 aliphatic heterocycles. The number of hydrogen-bond acceptors (Lipinski definition) is 5. The van der Waals surface area contributed by atoms with Crippen LogP contribution in [0.2, 0.25) is 0 Å². The molecule has 4 rings (SSSR count). The summed E-state index contributed by atoms with van der Waals surface area (Å²) in [6, 6.07) is 15.9. The Morgan fingerprint density at radius 2 is 2.04 bits per heavy atom. The molecule has 1 unspecified atom stereocenters. The number of methoxy groups -OCH3 is 1. The molecule has 0 N–H and O–H groups in total. The highest BCUT2D eigenvalue weighted by Gasteiger charge is 2.33. The molecule has 1 aliphatic rings. The third-order valence-electron chi connectivity index (χ3n) is 5.13. The molecule has 6 nitrogen and oxygen atoms in total. The zero-order valence-electron chi connectivity index (χ0n) is 16.1. The molecule has 0 aliphatic carbocycles. The number of benzene rings is 2. The quantitative estimate of drug-likeness (QED) is 0.656. The van der Waals surface area contributed by atoms with Crippen LogP contribution in [-0.4, -0.2) is 41.1 Å². The van der Waals surface area contributed by atoms with Gasteiger partial charge in [-0.2, -0.15) is 4.98 Å². The molecule has 0 spiro atoms. The maximum Gasteiger partial charge on any atom is 0.258 e. The summed E-state index contributed by atoms with van der Waals surface area (Å²) in [6.07, 6.45) is 1.27. The molecule has 2 heterocycles. The number of aromatic nitrogens is 2. The Morgan fingerprint density at radius 1 is 1.21 bits per heavy atom. The van der Waals surface area contributed by atoms with Gasteiger partial charge in [0.2, 0.25) is 5.91 Å². The lowest BCUT2D eigenvalue weighted by molar-refractivity contribution is -0.127. The normalized spacial score (nSPS) is 16.6. The Bertz CT molecular complexity index is 965. The van der Waals surface area contributed by atoms with Gasteiger partial charge in [0.1, 0.15) is 5.75 Å². The molecule has 6 heteroatoms. The molecule has 0 radical (unpaired) electrons. The van der Waals surface area contributed by atoms with Crippen molar-refractivity contribution in [3.63, 3.8) is 0 Å². The molecule has 1 saturated heterocycles. The monoisotopic (exact) mass is 377 g/mol. The van der Waals surface area contributed by atoms with Crippen LogP contribution in [0.25, 0.3) is 11.5 Å². The highest BCUT2D eigenvalue weighted by molar-refractivity contribution is 5.79. The van der Waals surface area contributed by atoms with Crippen LogP contribution in [0.4, 0.5) is 0 Å². The first-order valence-corrected chi connectivity index (χ1v) is 9.44. The van der Waals surface area contributed by atoms with Gasteiger partial charge in [0.05, 0.1) is 7.11 Å². The first kappa shape index (κ1) is 18.2. The maximum absolute atomic E-state index is 12.4. The van der Waals surface area contributed by atoms with E-state index in [9.17, 15) is 4.79 Å². The van der Waals surface area contributed by atoms with E-state index in [0.29, 0.717) is 31.2 Å². The summed E-state index contributed by atoms with van der Waals surface area (Å²) in [5.41, 5.74) is 3.28. The lowest BCUT2D eigenvalue weighted by Gasteiger charge is -2.16. The number of likely N-dealkylation sites (tertiary alicyclic amines) is 1. The Balaban J connectivity index is 1.41. The summed E-state index contributed by atoms with van der Waals surface area (Å²) in [5.74, 6) is 1.87. The van der Waals surface area contributed by atoms with Gasteiger partial charge in [-0.1, -0.05) is 41.1 Å². The number of carbonyl (C=O) groups excluding carboxylic acids is 1. The van der Waals surface area contributed by atoms with Gasteiger partial charge in [-0.3, -0.25) is 4.79 Å². The van der Waals surface area contributed by atoms with Gasteiger partial charge in [-0.25, -0.2) is 0 Å². The molecule has 3 aromatic rings. The zero-order chi connectivity index (χ0) is 19.5. The zero-order valence-corrected chi connectivity index (χ0v) is 16.1. The molecule has 1 fully saturated rings. The number of amides is 1. The highest BCUT2D eigenvalue weighted by atomic mass is 16.5. The van der Waals surface area contributed by atoms with Crippen molar-refractivity contribution in [2.24, 2.45) is 0 Å². The van der Waals surface area contributed by atoms with E-state index in [-0.39, 0.29) is 11.8 Å². The van der Waals surface area contributed by atoms with Gasteiger partial charge < -0.3 is 14.2 Å². The van der Waals surface area contributed by atoms with Gasteiger partial charge in [0, 0.05) is 31.0 Å². The first-order chi connectivity index (χ1) is 13.6. The fraction of sp³-hybridized carbons (Fsp3) is 0.318. The van der Waals surface area contributed by atoms with E-state index in [2.05, 4.69) is 41.3 Å². The van der Waals surface area contributed by atoms with Crippen molar-refractivity contribution in [2.45, 2.75) is 25.7 Å². The van der Waals surface area contributed by atoms with Crippen LogP contribution in [0, 0.1) is 6.92 Å². The van der Waals surface area contributed by atoms with Crippen molar-refractivity contribution >= 4 is 5.91 Å². The van der Waals surface area contributed by atoms with E-state index in [1.165, 1.54) is 11.1 Å². The fourth-order valence-electron chi connectivity index (χ4n) is 3.45. The average Bonchev–Trinajstić information content (AvgIpc) is 3.35. The smallest absolute Gasteiger partial charge is 0.258 e. The number of nitrogens with zero attached hydrogens (tertiary/aromatic N) is 3. The number of hydrogen-bond donors (Lipinski definition) is 0. The molecule has 1 aromatic heterocycles. The largest absolute Gasteiger partial charge is 0.497 e. The summed E-state index contributed by atoms with van der Waals surface area (Å²) >= 11 is 0. The Labute approximate surface area is 164 Å². The van der Waals surface area contributed by atoms with Gasteiger partial charge in [0.15, 0.2) is 5.82 Å². The van der Waals surface area contributed by atoms with E-state index < -0.39 is 0 Å². The van der Waals surface area contributed by atoms with Gasteiger partial charge in [0.25, 0.3) is 5.89 Å². The second-order valence-electron chi connectivity index (χ2n) is 7.17. The summed E-state index contributed by atoms with van der Waals surface area (Å²) < 4.78 is 10.7. The Kier molecular flexibility index (Phi) is 5.10. The van der Waals surface area contributed by atoms with Crippen LogP contribution in [0.3, 0.4) is 0 Å². The molecule has 144 valence electrons. The topological polar surface area (TPSA) is 68.5 Å². The van der Waals surface area contributed by atoms with E-state index in [1.54, 1.807) is 7.11 Å². The number of rotatable bonds is 6. The molecule has 1 amide bonds. The predicted octanol–water partition coefficient (Wildman–Crippen LogP) is 3.61. The third kappa shape index (κ3) is 3.91. The molecule has 1 atom stereocenters. The standard InChI is InChI=1S/C22H23N3O3/c1-15-6-8-16(9-7-15)10-11-25-14-18(13-20(25)26)21-23-22(28-24-21)17-4-3-5-19(12-17)27-2/h3-9,12,18H,10-11,13-14H2,1-2H3. The second-order valence-corrected chi connectivity index (χ2v) is 7.17. The van der Waals surface area contributed by atoms with E-state index in [4.69, 9.17) is 9.26 Å². The van der Waals surface area contributed by atoms with Crippen LogP contribution in [-0.2, 0) is 11.2 Å². The van der Waals surface area contributed by atoms with Crippen molar-refractivity contribution in [3.05, 3.63) is 65.5 Å². The number of aryl methyl sites for hydroxylation is 1. The van der Waals surface area contributed by atoms with Gasteiger partial charge >= 0.3 is 0 Å². The first-order valence-electron chi connectivity index (χ1n) is 9.44. The minimum absolute atomic E-state index is 0.0337. The lowest BCUT2D eigenvalue weighted by atomic mass is 10.1. The number of carbonyl (C=O) groups is 1. The second kappa shape index (κ2) is 7.84. The number of ether oxygens (including phenoxy) is 1. The average molecular weight is 377 g/mol. The molecule has 0 saturated carbocycles. The van der Waals surface area contributed by atoms with Crippen molar-refractivity contribution in [2.75, 3.05) is 20.2 Å². The molecule has 28 heavy (non-hydrogen) atoms. The Morgan fingerprint density at radius 3 is 2.82 bits per heavy atom. The molecular formula is C22H23N3O3. The molecule has 2 aromatic carbocycles. The van der Waals surface area contributed by atoms with E-state index >= 15 is 0 Å². The summed E-state index contributed by atoms with van der Waals surface area (Å²) in [7, 11) is 1.62. The van der Waals surface area contributed by atoms with Crippen LogP contribution >= 0.6 is 0 Å². The Hall–Kier alpha value is -3.15. The van der Waals surface area contributed by atoms with Gasteiger partial charge in [-0.15, -0.1) is 0 Å². The van der Waals surface area contributed by atoms with Crippen LogP contribution in [0.15, 0.2) is 53.1 Å². The van der Waals surface area contributed by atoms with Crippen molar-refractivity contribution < 1.29 is 14.1 Å². The van der Waals surface area contributed by atoms with Crippen LogP contribution in [0.1, 0.15) is 29.3 Å². The van der Waals surface area contributed by atoms with E-state index in [0.717, 1.165) is 17.7 Å². The minimum Gasteiger partial charge on any atom is -0.497 e. The summed E-state index contributed by atoms with van der Waals surface area (Å²) in [6.45, 7) is 3.41. The summed E-state index contributed by atoms with van der Waals surface area (Å²) in [5, 5.41) is 4.12. The van der Waals surface area contributed by atoms with Crippen molar-refractivity contribution in [1.29, 1.82) is 0 Å². The third-order valence-corrected chi connectivity index (χ3v) is 5.13.